The van der Waals surface area contributed by atoms with Gasteiger partial charge in [0.15, 0.2) is 0 Å². The summed E-state index contributed by atoms with van der Waals surface area (Å²) in [6.07, 6.45) is 2.42. The molecule has 2 nitrogen and oxygen atoms in total. The van der Waals surface area contributed by atoms with Gasteiger partial charge >= 0.3 is 0 Å². The van der Waals surface area contributed by atoms with Crippen LogP contribution in [0.1, 0.15) is 33.6 Å². The Morgan fingerprint density at radius 1 is 1.43 bits per heavy atom. The van der Waals surface area contributed by atoms with Gasteiger partial charge in [0, 0.05) is 16.5 Å². The highest BCUT2D eigenvalue weighted by atomic mass is 32.2. The van der Waals surface area contributed by atoms with Crippen molar-refractivity contribution < 1.29 is 5.11 Å². The SMILES string of the molecule is CC1CC(C)C(SC(C)CO)C(N)C1. The summed E-state index contributed by atoms with van der Waals surface area (Å²) < 4.78 is 0. The average Bonchev–Trinajstić information content (AvgIpc) is 2.10. The van der Waals surface area contributed by atoms with E-state index in [0.29, 0.717) is 22.5 Å². The molecule has 14 heavy (non-hydrogen) atoms. The maximum atomic E-state index is 9.03. The van der Waals surface area contributed by atoms with Gasteiger partial charge in [0.05, 0.1) is 6.61 Å². The van der Waals surface area contributed by atoms with Crippen LogP contribution in [-0.2, 0) is 0 Å². The van der Waals surface area contributed by atoms with Crippen LogP contribution in [0.4, 0.5) is 0 Å². The van der Waals surface area contributed by atoms with Crippen molar-refractivity contribution in [2.24, 2.45) is 17.6 Å². The van der Waals surface area contributed by atoms with Crippen LogP contribution >= 0.6 is 11.8 Å². The standard InChI is InChI=1S/C11H23NOS/c1-7-4-8(2)11(10(12)5-7)14-9(3)6-13/h7-11,13H,4-6,12H2,1-3H3. The number of nitrogens with two attached hydrogens (primary N) is 1. The van der Waals surface area contributed by atoms with Crippen LogP contribution in [-0.4, -0.2) is 28.3 Å². The molecule has 0 spiro atoms. The highest BCUT2D eigenvalue weighted by molar-refractivity contribution is 8.00. The second-order valence-electron chi connectivity index (χ2n) is 4.81. The Labute approximate surface area is 91.6 Å². The van der Waals surface area contributed by atoms with Crippen LogP contribution in [0.2, 0.25) is 0 Å². The van der Waals surface area contributed by atoms with E-state index in [9.17, 15) is 0 Å². The predicted octanol–water partition coefficient (Wildman–Crippen LogP) is 1.86. The quantitative estimate of drug-likeness (QED) is 0.758. The third-order valence-electron chi connectivity index (χ3n) is 3.08. The molecule has 5 unspecified atom stereocenters. The van der Waals surface area contributed by atoms with Gasteiger partial charge in [0.25, 0.3) is 0 Å². The van der Waals surface area contributed by atoms with E-state index >= 15 is 0 Å². The molecular formula is C11H23NOS. The summed E-state index contributed by atoms with van der Waals surface area (Å²) in [4.78, 5) is 0. The Bertz CT molecular complexity index is 165. The van der Waals surface area contributed by atoms with E-state index in [1.807, 2.05) is 11.8 Å². The van der Waals surface area contributed by atoms with Crippen molar-refractivity contribution in [3.8, 4) is 0 Å². The van der Waals surface area contributed by atoms with Gasteiger partial charge in [-0.05, 0) is 24.7 Å². The summed E-state index contributed by atoms with van der Waals surface area (Å²) in [5.74, 6) is 1.45. The third kappa shape index (κ3) is 3.14. The molecule has 0 aromatic heterocycles. The van der Waals surface area contributed by atoms with E-state index in [1.165, 1.54) is 6.42 Å². The number of thioether (sulfide) groups is 1. The summed E-state index contributed by atoms with van der Waals surface area (Å²) in [5.41, 5.74) is 6.16. The van der Waals surface area contributed by atoms with Crippen molar-refractivity contribution in [2.75, 3.05) is 6.61 Å². The van der Waals surface area contributed by atoms with E-state index in [-0.39, 0.29) is 6.61 Å². The summed E-state index contributed by atoms with van der Waals surface area (Å²) in [5, 5.41) is 9.89. The maximum absolute atomic E-state index is 9.03. The first-order valence-electron chi connectivity index (χ1n) is 5.56. The Kier molecular flexibility index (Phi) is 4.74. The van der Waals surface area contributed by atoms with Gasteiger partial charge in [0.1, 0.15) is 0 Å². The number of aliphatic hydroxyl groups excluding tert-OH is 1. The fraction of sp³-hybridized carbons (Fsp3) is 1.00. The van der Waals surface area contributed by atoms with Gasteiger partial charge in [-0.25, -0.2) is 0 Å². The van der Waals surface area contributed by atoms with Crippen LogP contribution in [0.15, 0.2) is 0 Å². The van der Waals surface area contributed by atoms with Crippen LogP contribution in [0.25, 0.3) is 0 Å². The molecule has 0 aliphatic heterocycles. The molecule has 0 saturated heterocycles. The largest absolute Gasteiger partial charge is 0.395 e. The lowest BCUT2D eigenvalue weighted by Gasteiger charge is -2.38. The number of hydrogen-bond acceptors (Lipinski definition) is 3. The molecule has 1 aliphatic carbocycles. The summed E-state index contributed by atoms with van der Waals surface area (Å²) in [6.45, 7) is 6.91. The van der Waals surface area contributed by atoms with Crippen LogP contribution in [0, 0.1) is 11.8 Å². The van der Waals surface area contributed by atoms with Crippen molar-refractivity contribution >= 4 is 11.8 Å². The molecule has 3 N–H and O–H groups in total. The topological polar surface area (TPSA) is 46.2 Å². The first kappa shape index (κ1) is 12.3. The minimum Gasteiger partial charge on any atom is -0.395 e. The highest BCUT2D eigenvalue weighted by Gasteiger charge is 2.32. The van der Waals surface area contributed by atoms with Crippen LogP contribution in [0.3, 0.4) is 0 Å². The molecule has 84 valence electrons. The molecule has 1 fully saturated rings. The average molecular weight is 217 g/mol. The summed E-state index contributed by atoms with van der Waals surface area (Å²) in [7, 11) is 0. The Hall–Kier alpha value is 0.270. The van der Waals surface area contributed by atoms with Crippen molar-refractivity contribution in [3.63, 3.8) is 0 Å². The van der Waals surface area contributed by atoms with E-state index < -0.39 is 0 Å². The van der Waals surface area contributed by atoms with Crippen molar-refractivity contribution in [3.05, 3.63) is 0 Å². The number of aliphatic hydroxyl groups is 1. The minimum atomic E-state index is 0.260. The zero-order valence-corrected chi connectivity index (χ0v) is 10.3. The van der Waals surface area contributed by atoms with Crippen LogP contribution in [0.5, 0.6) is 0 Å². The molecule has 1 rings (SSSR count). The first-order chi connectivity index (χ1) is 6.54. The van der Waals surface area contributed by atoms with Gasteiger partial charge in [0.2, 0.25) is 0 Å². The smallest absolute Gasteiger partial charge is 0.0547 e. The molecular weight excluding hydrogens is 194 g/mol. The zero-order valence-electron chi connectivity index (χ0n) is 9.44. The lowest BCUT2D eigenvalue weighted by molar-refractivity contribution is 0.274. The fourth-order valence-corrected chi connectivity index (χ4v) is 3.75. The predicted molar refractivity (Wildman–Crippen MR) is 63.5 cm³/mol. The monoisotopic (exact) mass is 217 g/mol. The van der Waals surface area contributed by atoms with Gasteiger partial charge in [-0.1, -0.05) is 20.8 Å². The van der Waals surface area contributed by atoms with E-state index in [1.54, 1.807) is 0 Å². The molecule has 5 atom stereocenters. The molecule has 0 bridgehead atoms. The van der Waals surface area contributed by atoms with Crippen molar-refractivity contribution in [1.29, 1.82) is 0 Å². The fourth-order valence-electron chi connectivity index (χ4n) is 2.43. The molecule has 0 aromatic carbocycles. The summed E-state index contributed by atoms with van der Waals surface area (Å²) in [6, 6.07) is 0.313. The van der Waals surface area contributed by atoms with E-state index in [4.69, 9.17) is 10.8 Å². The highest BCUT2D eigenvalue weighted by Crippen LogP contribution is 2.37. The molecule has 1 saturated carbocycles. The minimum absolute atomic E-state index is 0.260. The Morgan fingerprint density at radius 3 is 2.57 bits per heavy atom. The molecule has 0 aromatic rings. The number of rotatable bonds is 3. The van der Waals surface area contributed by atoms with Crippen molar-refractivity contribution in [1.82, 2.24) is 0 Å². The van der Waals surface area contributed by atoms with E-state index in [0.717, 1.165) is 12.3 Å². The summed E-state index contributed by atoms with van der Waals surface area (Å²) >= 11 is 1.86. The van der Waals surface area contributed by atoms with Gasteiger partial charge in [-0.3, -0.25) is 0 Å². The third-order valence-corrected chi connectivity index (χ3v) is 4.82. The van der Waals surface area contributed by atoms with E-state index in [2.05, 4.69) is 20.8 Å². The van der Waals surface area contributed by atoms with Gasteiger partial charge in [-0.15, -0.1) is 0 Å². The second-order valence-corrected chi connectivity index (χ2v) is 6.43. The number of hydrogen-bond donors (Lipinski definition) is 2. The van der Waals surface area contributed by atoms with Gasteiger partial charge < -0.3 is 10.8 Å². The Balaban J connectivity index is 2.49. The zero-order chi connectivity index (χ0) is 10.7. The van der Waals surface area contributed by atoms with Crippen molar-refractivity contribution in [2.45, 2.75) is 50.2 Å². The first-order valence-corrected chi connectivity index (χ1v) is 6.50. The van der Waals surface area contributed by atoms with Gasteiger partial charge in [-0.2, -0.15) is 11.8 Å². The van der Waals surface area contributed by atoms with Crippen LogP contribution < -0.4 is 5.73 Å². The molecule has 0 radical (unpaired) electrons. The normalized spacial score (nSPS) is 40.9. The second kappa shape index (κ2) is 5.38. The lowest BCUT2D eigenvalue weighted by Crippen LogP contribution is -2.43. The molecule has 0 amide bonds. The lowest BCUT2D eigenvalue weighted by atomic mass is 9.80. The maximum Gasteiger partial charge on any atom is 0.0547 e. The Morgan fingerprint density at radius 2 is 2.07 bits per heavy atom. The molecule has 1 aliphatic rings. The molecule has 0 heterocycles. The molecule has 3 heteroatoms.